The SMILES string of the molecule is CCC(OCc1ccccc1NC(=O)OC(C)(C)C)C(=O)N1C[C@@H](F)C[C@H]1C#N. The van der Waals surface area contributed by atoms with Crippen LogP contribution in [0.3, 0.4) is 0 Å². The number of carbonyl (C=O) groups excluding carboxylic acids is 2. The Labute approximate surface area is 170 Å². The van der Waals surface area contributed by atoms with E-state index in [1.54, 1.807) is 52.0 Å². The fourth-order valence-electron chi connectivity index (χ4n) is 3.07. The summed E-state index contributed by atoms with van der Waals surface area (Å²) < 4.78 is 24.7. The third-order valence-corrected chi connectivity index (χ3v) is 4.42. The second-order valence-corrected chi connectivity index (χ2v) is 7.96. The van der Waals surface area contributed by atoms with Gasteiger partial charge in [-0.3, -0.25) is 10.1 Å². The molecular weight excluding hydrogens is 377 g/mol. The zero-order valence-electron chi connectivity index (χ0n) is 17.3. The number of halogens is 1. The molecule has 1 aliphatic rings. The molecule has 1 saturated heterocycles. The standard InChI is InChI=1S/C21H28FN3O4/c1-5-18(19(26)25-12-15(22)10-16(25)11-23)28-13-14-8-6-7-9-17(14)24-20(27)29-21(2,3)4/h6-9,15-16,18H,5,10,12-13H2,1-4H3,(H,24,27)/t15-,16-,18?/m0/s1. The lowest BCUT2D eigenvalue weighted by atomic mass is 10.1. The van der Waals surface area contributed by atoms with Gasteiger partial charge in [0.2, 0.25) is 0 Å². The number of anilines is 1. The molecular formula is C21H28FN3O4. The summed E-state index contributed by atoms with van der Waals surface area (Å²) in [7, 11) is 0. The number of para-hydroxylation sites is 1. The van der Waals surface area contributed by atoms with E-state index in [9.17, 15) is 14.0 Å². The molecule has 0 aromatic heterocycles. The lowest BCUT2D eigenvalue weighted by molar-refractivity contribution is -0.145. The van der Waals surface area contributed by atoms with Gasteiger partial charge in [-0.1, -0.05) is 25.1 Å². The summed E-state index contributed by atoms with van der Waals surface area (Å²) in [5, 5.41) is 11.8. The number of carbonyl (C=O) groups is 2. The van der Waals surface area contributed by atoms with Gasteiger partial charge in [-0.05, 0) is 33.3 Å². The van der Waals surface area contributed by atoms with Gasteiger partial charge < -0.3 is 14.4 Å². The van der Waals surface area contributed by atoms with Crippen LogP contribution in [0.5, 0.6) is 0 Å². The number of hydrogen-bond donors (Lipinski definition) is 1. The van der Waals surface area contributed by atoms with Gasteiger partial charge in [-0.25, -0.2) is 9.18 Å². The maximum absolute atomic E-state index is 13.6. The van der Waals surface area contributed by atoms with Gasteiger partial charge in [0.05, 0.1) is 19.2 Å². The highest BCUT2D eigenvalue weighted by atomic mass is 19.1. The monoisotopic (exact) mass is 405 g/mol. The van der Waals surface area contributed by atoms with Crippen molar-refractivity contribution in [3.8, 4) is 6.07 Å². The van der Waals surface area contributed by atoms with E-state index in [0.717, 1.165) is 0 Å². The Morgan fingerprint density at radius 1 is 1.38 bits per heavy atom. The molecule has 7 nitrogen and oxygen atoms in total. The van der Waals surface area contributed by atoms with Crippen molar-refractivity contribution in [3.63, 3.8) is 0 Å². The number of nitrogens with one attached hydrogen (secondary N) is 1. The number of likely N-dealkylation sites (tertiary alicyclic amines) is 1. The van der Waals surface area contributed by atoms with Gasteiger partial charge in [0, 0.05) is 17.7 Å². The van der Waals surface area contributed by atoms with E-state index in [2.05, 4.69) is 5.32 Å². The molecule has 0 radical (unpaired) electrons. The Balaban J connectivity index is 2.03. The molecule has 1 aromatic rings. The highest BCUT2D eigenvalue weighted by Crippen LogP contribution is 2.23. The second-order valence-electron chi connectivity index (χ2n) is 7.96. The fourth-order valence-corrected chi connectivity index (χ4v) is 3.07. The Kier molecular flexibility index (Phi) is 7.57. The number of nitrogens with zero attached hydrogens (tertiary/aromatic N) is 2. The molecule has 0 aliphatic carbocycles. The first-order valence-electron chi connectivity index (χ1n) is 9.68. The number of amides is 2. The van der Waals surface area contributed by atoms with Crippen LogP contribution in [-0.4, -0.2) is 47.4 Å². The van der Waals surface area contributed by atoms with Crippen LogP contribution in [0.15, 0.2) is 24.3 Å². The predicted molar refractivity (Wildman–Crippen MR) is 106 cm³/mol. The molecule has 1 aliphatic heterocycles. The topological polar surface area (TPSA) is 91.7 Å². The van der Waals surface area contributed by atoms with E-state index in [1.165, 1.54) is 4.90 Å². The molecule has 3 atom stereocenters. The molecule has 8 heteroatoms. The van der Waals surface area contributed by atoms with E-state index in [0.29, 0.717) is 17.7 Å². The van der Waals surface area contributed by atoms with Gasteiger partial charge in [0.15, 0.2) is 0 Å². The van der Waals surface area contributed by atoms with Gasteiger partial charge >= 0.3 is 6.09 Å². The number of nitriles is 1. The van der Waals surface area contributed by atoms with Crippen LogP contribution < -0.4 is 5.32 Å². The fraction of sp³-hybridized carbons (Fsp3) is 0.571. The third-order valence-electron chi connectivity index (χ3n) is 4.42. The molecule has 0 saturated carbocycles. The molecule has 1 N–H and O–H groups in total. The smallest absolute Gasteiger partial charge is 0.412 e. The normalized spacial score (nSPS) is 20.1. The summed E-state index contributed by atoms with van der Waals surface area (Å²) in [6.45, 7) is 7.08. The average molecular weight is 405 g/mol. The largest absolute Gasteiger partial charge is 0.444 e. The van der Waals surface area contributed by atoms with Crippen molar-refractivity contribution in [1.82, 2.24) is 4.90 Å². The number of alkyl halides is 1. The average Bonchev–Trinajstić information content (AvgIpc) is 3.02. The van der Waals surface area contributed by atoms with Crippen LogP contribution in [0, 0.1) is 11.3 Å². The molecule has 29 heavy (non-hydrogen) atoms. The summed E-state index contributed by atoms with van der Waals surface area (Å²) in [4.78, 5) is 26.0. The van der Waals surface area contributed by atoms with Crippen molar-refractivity contribution in [2.24, 2.45) is 0 Å². The van der Waals surface area contributed by atoms with Crippen molar-refractivity contribution in [1.29, 1.82) is 5.26 Å². The Morgan fingerprint density at radius 3 is 2.69 bits per heavy atom. The van der Waals surface area contributed by atoms with Crippen LogP contribution in [0.2, 0.25) is 0 Å². The number of ether oxygens (including phenoxy) is 2. The Morgan fingerprint density at radius 2 is 2.07 bits per heavy atom. The zero-order chi connectivity index (χ0) is 21.6. The van der Waals surface area contributed by atoms with Gasteiger partial charge in [-0.15, -0.1) is 0 Å². The summed E-state index contributed by atoms with van der Waals surface area (Å²) in [6, 6.07) is 8.25. The van der Waals surface area contributed by atoms with Crippen LogP contribution in [0.25, 0.3) is 0 Å². The quantitative estimate of drug-likeness (QED) is 0.777. The minimum atomic E-state index is -1.19. The van der Waals surface area contributed by atoms with Crippen molar-refractivity contribution < 1.29 is 23.5 Å². The van der Waals surface area contributed by atoms with Crippen molar-refractivity contribution in [2.75, 3.05) is 11.9 Å². The van der Waals surface area contributed by atoms with Crippen molar-refractivity contribution >= 4 is 17.7 Å². The Hall–Kier alpha value is -2.66. The first kappa shape index (κ1) is 22.6. The lowest BCUT2D eigenvalue weighted by Crippen LogP contribution is -2.42. The third kappa shape index (κ3) is 6.43. The number of hydrogen-bond acceptors (Lipinski definition) is 5. The number of benzene rings is 1. The first-order chi connectivity index (χ1) is 13.6. The molecule has 1 fully saturated rings. The highest BCUT2D eigenvalue weighted by molar-refractivity contribution is 5.86. The van der Waals surface area contributed by atoms with Gasteiger partial charge in [0.1, 0.15) is 23.9 Å². The first-order valence-corrected chi connectivity index (χ1v) is 9.68. The van der Waals surface area contributed by atoms with E-state index in [4.69, 9.17) is 14.7 Å². The minimum Gasteiger partial charge on any atom is -0.444 e. The van der Waals surface area contributed by atoms with E-state index in [-0.39, 0.29) is 19.6 Å². The highest BCUT2D eigenvalue weighted by Gasteiger charge is 2.38. The molecule has 1 aromatic carbocycles. The molecule has 0 bridgehead atoms. The molecule has 158 valence electrons. The summed E-state index contributed by atoms with van der Waals surface area (Å²) in [5.41, 5.74) is 0.562. The van der Waals surface area contributed by atoms with Crippen LogP contribution in [-0.2, 0) is 20.9 Å². The van der Waals surface area contributed by atoms with E-state index in [1.807, 2.05) is 6.07 Å². The van der Waals surface area contributed by atoms with E-state index < -0.39 is 35.9 Å². The summed E-state index contributed by atoms with van der Waals surface area (Å²) >= 11 is 0. The molecule has 2 rings (SSSR count). The van der Waals surface area contributed by atoms with Gasteiger partial charge in [0.25, 0.3) is 5.91 Å². The van der Waals surface area contributed by atoms with E-state index >= 15 is 0 Å². The number of rotatable bonds is 6. The molecule has 0 spiro atoms. The van der Waals surface area contributed by atoms with Gasteiger partial charge in [-0.2, -0.15) is 5.26 Å². The Bertz CT molecular complexity index is 772. The summed E-state index contributed by atoms with van der Waals surface area (Å²) in [6.07, 6.45) is -2.17. The van der Waals surface area contributed by atoms with Crippen LogP contribution >= 0.6 is 0 Å². The molecule has 1 heterocycles. The maximum Gasteiger partial charge on any atom is 0.412 e. The van der Waals surface area contributed by atoms with Crippen LogP contribution in [0.4, 0.5) is 14.9 Å². The zero-order valence-corrected chi connectivity index (χ0v) is 17.3. The van der Waals surface area contributed by atoms with Crippen LogP contribution in [0.1, 0.15) is 46.1 Å². The second kappa shape index (κ2) is 9.70. The lowest BCUT2D eigenvalue weighted by Gasteiger charge is -2.25. The summed E-state index contributed by atoms with van der Waals surface area (Å²) in [5.74, 6) is -0.392. The molecule has 2 amide bonds. The van der Waals surface area contributed by atoms with Crippen molar-refractivity contribution in [2.45, 2.75) is 71.1 Å². The maximum atomic E-state index is 13.6. The van der Waals surface area contributed by atoms with Crippen molar-refractivity contribution in [3.05, 3.63) is 29.8 Å². The predicted octanol–water partition coefficient (Wildman–Crippen LogP) is 3.79. The minimum absolute atomic E-state index is 0.0291. The molecule has 1 unspecified atom stereocenters.